The van der Waals surface area contributed by atoms with Crippen LogP contribution in [0.3, 0.4) is 0 Å². The molecule has 0 aliphatic rings. The Labute approximate surface area is 104 Å². The van der Waals surface area contributed by atoms with Crippen LogP contribution in [0, 0.1) is 13.8 Å². The predicted molar refractivity (Wildman–Crippen MR) is 64.3 cm³/mol. The maximum atomic E-state index is 11.8. The van der Waals surface area contributed by atoms with Crippen LogP contribution < -0.4 is 5.32 Å². The van der Waals surface area contributed by atoms with E-state index in [4.69, 9.17) is 4.52 Å². The average molecular weight is 249 g/mol. The van der Waals surface area contributed by atoms with E-state index >= 15 is 0 Å². The molecule has 1 amide bonds. The zero-order chi connectivity index (χ0) is 13.1. The van der Waals surface area contributed by atoms with E-state index in [1.807, 2.05) is 13.8 Å². The molecular weight excluding hydrogens is 234 g/mol. The number of H-pyrrole nitrogens is 1. The molecule has 0 radical (unpaired) electrons. The number of carbonyl (C=O) groups excluding carboxylic acids is 1. The second-order valence-electron chi connectivity index (χ2n) is 4.03. The molecular formula is C11H15N5O2. The monoisotopic (exact) mass is 249 g/mol. The number of rotatable bonds is 4. The number of amides is 1. The van der Waals surface area contributed by atoms with Crippen LogP contribution in [-0.4, -0.2) is 26.2 Å². The second kappa shape index (κ2) is 4.99. The molecule has 0 bridgehead atoms. The van der Waals surface area contributed by atoms with Gasteiger partial charge >= 0.3 is 0 Å². The molecule has 2 aromatic rings. The smallest absolute Gasteiger partial charge is 0.297 e. The Morgan fingerprint density at radius 3 is 2.83 bits per heavy atom. The maximum Gasteiger partial charge on any atom is 0.297 e. The summed E-state index contributed by atoms with van der Waals surface area (Å²) in [6, 6.07) is 0. The van der Waals surface area contributed by atoms with Gasteiger partial charge < -0.3 is 4.52 Å². The predicted octanol–water partition coefficient (Wildman–Crippen LogP) is 1.61. The lowest BCUT2D eigenvalue weighted by Gasteiger charge is -1.97. The van der Waals surface area contributed by atoms with Crippen LogP contribution in [0.5, 0.6) is 0 Å². The van der Waals surface area contributed by atoms with Gasteiger partial charge in [0, 0.05) is 12.0 Å². The Morgan fingerprint density at radius 2 is 2.22 bits per heavy atom. The number of hydrogen-bond donors (Lipinski definition) is 2. The van der Waals surface area contributed by atoms with Crippen LogP contribution in [0.15, 0.2) is 4.52 Å². The van der Waals surface area contributed by atoms with E-state index < -0.39 is 5.91 Å². The van der Waals surface area contributed by atoms with Crippen molar-refractivity contribution in [2.75, 3.05) is 5.32 Å². The Hall–Kier alpha value is -2.18. The molecule has 2 heterocycles. The number of aryl methyl sites for hydroxylation is 2. The number of carbonyl (C=O) groups is 1. The molecule has 18 heavy (non-hydrogen) atoms. The van der Waals surface area contributed by atoms with Crippen LogP contribution in [0.2, 0.25) is 0 Å². The lowest BCUT2D eigenvalue weighted by Crippen LogP contribution is -2.14. The minimum absolute atomic E-state index is 0.104. The zero-order valence-corrected chi connectivity index (χ0v) is 10.6. The molecule has 7 nitrogen and oxygen atoms in total. The summed E-state index contributed by atoms with van der Waals surface area (Å²) in [5, 5.41) is 12.9. The molecule has 0 atom stereocenters. The Kier molecular flexibility index (Phi) is 3.40. The molecule has 0 saturated heterocycles. The summed E-state index contributed by atoms with van der Waals surface area (Å²) < 4.78 is 4.99. The summed E-state index contributed by atoms with van der Waals surface area (Å²) in [6.07, 6.45) is 1.71. The van der Waals surface area contributed by atoms with Gasteiger partial charge in [-0.25, -0.2) is 4.98 Å². The third kappa shape index (κ3) is 2.39. The number of aromatic amines is 1. The van der Waals surface area contributed by atoms with Gasteiger partial charge in [-0.3, -0.25) is 15.2 Å². The van der Waals surface area contributed by atoms with Crippen LogP contribution in [0.4, 0.5) is 5.88 Å². The van der Waals surface area contributed by atoms with Crippen molar-refractivity contribution >= 4 is 11.8 Å². The van der Waals surface area contributed by atoms with Crippen molar-refractivity contribution in [3.63, 3.8) is 0 Å². The van der Waals surface area contributed by atoms with Crippen molar-refractivity contribution in [3.8, 4) is 0 Å². The molecule has 0 unspecified atom stereocenters. The van der Waals surface area contributed by atoms with E-state index in [0.29, 0.717) is 11.7 Å². The largest absolute Gasteiger partial charge is 0.338 e. The number of hydrogen-bond acceptors (Lipinski definition) is 5. The van der Waals surface area contributed by atoms with Gasteiger partial charge in [-0.2, -0.15) is 0 Å². The van der Waals surface area contributed by atoms with E-state index in [-0.39, 0.29) is 5.82 Å². The van der Waals surface area contributed by atoms with Crippen molar-refractivity contribution in [3.05, 3.63) is 22.9 Å². The molecule has 0 aromatic carbocycles. The molecule has 0 spiro atoms. The van der Waals surface area contributed by atoms with E-state index in [1.165, 1.54) is 0 Å². The van der Waals surface area contributed by atoms with Gasteiger partial charge in [0.05, 0.1) is 5.69 Å². The van der Waals surface area contributed by atoms with Gasteiger partial charge in [0.25, 0.3) is 5.91 Å². The lowest BCUT2D eigenvalue weighted by atomic mass is 10.3. The molecule has 96 valence electrons. The first-order valence-corrected chi connectivity index (χ1v) is 5.77. The minimum Gasteiger partial charge on any atom is -0.338 e. The van der Waals surface area contributed by atoms with E-state index in [0.717, 1.165) is 24.1 Å². The Balaban J connectivity index is 2.09. The van der Waals surface area contributed by atoms with Crippen molar-refractivity contribution in [1.82, 2.24) is 20.3 Å². The first kappa shape index (κ1) is 12.3. The molecule has 2 aromatic heterocycles. The standard InChI is InChI=1S/C11H15N5O2/c1-4-5-8-12-9(15-14-8)10(17)13-11-6(2)7(3)16-18-11/h4-5H2,1-3H3,(H,13,17)(H,12,14,15). The lowest BCUT2D eigenvalue weighted by molar-refractivity contribution is 0.101. The van der Waals surface area contributed by atoms with Gasteiger partial charge in [0.1, 0.15) is 5.82 Å². The summed E-state index contributed by atoms with van der Waals surface area (Å²) in [5.41, 5.74) is 1.54. The van der Waals surface area contributed by atoms with E-state index in [9.17, 15) is 4.79 Å². The molecule has 0 fully saturated rings. The summed E-state index contributed by atoms with van der Waals surface area (Å²) in [7, 11) is 0. The van der Waals surface area contributed by atoms with E-state index in [2.05, 4.69) is 25.7 Å². The highest BCUT2D eigenvalue weighted by atomic mass is 16.5. The number of aromatic nitrogens is 4. The minimum atomic E-state index is -0.409. The van der Waals surface area contributed by atoms with Gasteiger partial charge in [-0.15, -0.1) is 5.10 Å². The normalized spacial score (nSPS) is 10.6. The molecule has 0 aliphatic carbocycles. The fourth-order valence-corrected chi connectivity index (χ4v) is 1.44. The van der Waals surface area contributed by atoms with E-state index in [1.54, 1.807) is 6.92 Å². The van der Waals surface area contributed by atoms with Crippen molar-refractivity contribution in [2.45, 2.75) is 33.6 Å². The zero-order valence-electron chi connectivity index (χ0n) is 10.6. The highest BCUT2D eigenvalue weighted by molar-refractivity contribution is 6.01. The molecule has 0 saturated carbocycles. The summed E-state index contributed by atoms with van der Waals surface area (Å²) >= 11 is 0. The van der Waals surface area contributed by atoms with Gasteiger partial charge in [0.15, 0.2) is 0 Å². The number of anilines is 1. The summed E-state index contributed by atoms with van der Waals surface area (Å²) in [6.45, 7) is 5.66. The first-order chi connectivity index (χ1) is 8.61. The molecule has 7 heteroatoms. The quantitative estimate of drug-likeness (QED) is 0.858. The highest BCUT2D eigenvalue weighted by Gasteiger charge is 2.16. The fourth-order valence-electron chi connectivity index (χ4n) is 1.44. The fraction of sp³-hybridized carbons (Fsp3) is 0.455. The van der Waals surface area contributed by atoms with Crippen LogP contribution >= 0.6 is 0 Å². The highest BCUT2D eigenvalue weighted by Crippen LogP contribution is 2.17. The first-order valence-electron chi connectivity index (χ1n) is 5.77. The van der Waals surface area contributed by atoms with Crippen molar-refractivity contribution < 1.29 is 9.32 Å². The summed E-state index contributed by atoms with van der Waals surface area (Å²) in [4.78, 5) is 15.9. The third-order valence-electron chi connectivity index (χ3n) is 2.61. The Bertz CT molecular complexity index is 558. The van der Waals surface area contributed by atoms with Crippen LogP contribution in [0.1, 0.15) is 41.0 Å². The van der Waals surface area contributed by atoms with Gasteiger partial charge in [0.2, 0.25) is 11.7 Å². The molecule has 0 aliphatic heterocycles. The SMILES string of the molecule is CCCc1nc(C(=O)Nc2onc(C)c2C)n[nH]1. The molecule has 2 N–H and O–H groups in total. The molecule has 2 rings (SSSR count). The number of nitrogens with zero attached hydrogens (tertiary/aromatic N) is 3. The van der Waals surface area contributed by atoms with Crippen molar-refractivity contribution in [1.29, 1.82) is 0 Å². The van der Waals surface area contributed by atoms with Crippen LogP contribution in [-0.2, 0) is 6.42 Å². The maximum absolute atomic E-state index is 11.8. The van der Waals surface area contributed by atoms with Crippen LogP contribution in [0.25, 0.3) is 0 Å². The number of nitrogens with one attached hydrogen (secondary N) is 2. The van der Waals surface area contributed by atoms with Gasteiger partial charge in [-0.1, -0.05) is 12.1 Å². The third-order valence-corrected chi connectivity index (χ3v) is 2.61. The second-order valence-corrected chi connectivity index (χ2v) is 4.03. The van der Waals surface area contributed by atoms with Crippen molar-refractivity contribution in [2.24, 2.45) is 0 Å². The average Bonchev–Trinajstić information content (AvgIpc) is 2.92. The van der Waals surface area contributed by atoms with Gasteiger partial charge in [-0.05, 0) is 20.3 Å². The Morgan fingerprint density at radius 1 is 1.44 bits per heavy atom. The topological polar surface area (TPSA) is 96.7 Å². The summed E-state index contributed by atoms with van der Waals surface area (Å²) in [5.74, 6) is 0.729.